The van der Waals surface area contributed by atoms with E-state index >= 15 is 0 Å². The highest BCUT2D eigenvalue weighted by atomic mass is 16.1. The summed E-state index contributed by atoms with van der Waals surface area (Å²) in [5.74, 6) is 0.0398. The van der Waals surface area contributed by atoms with Gasteiger partial charge in [-0.1, -0.05) is 38.0 Å². The van der Waals surface area contributed by atoms with Gasteiger partial charge in [0.2, 0.25) is 0 Å². The lowest BCUT2D eigenvalue weighted by Gasteiger charge is -2.33. The van der Waals surface area contributed by atoms with Crippen molar-refractivity contribution in [1.82, 2.24) is 0 Å². The molecule has 0 radical (unpaired) electrons. The van der Waals surface area contributed by atoms with E-state index < -0.39 is 0 Å². The van der Waals surface area contributed by atoms with E-state index in [0.29, 0.717) is 0 Å². The van der Waals surface area contributed by atoms with Crippen LogP contribution in [0.3, 0.4) is 0 Å². The number of carbonyl (C=O) groups is 1. The summed E-state index contributed by atoms with van der Waals surface area (Å²) in [6.45, 7) is 10.9. The third-order valence-corrected chi connectivity index (χ3v) is 3.84. The largest absolute Gasteiger partial charge is 0.303 e. The summed E-state index contributed by atoms with van der Waals surface area (Å²) in [6, 6.07) is 0. The number of hydrogen-bond donors (Lipinski definition) is 0. The molecule has 1 heteroatoms. The van der Waals surface area contributed by atoms with E-state index in [1.54, 1.807) is 0 Å². The number of allylic oxidation sites excluding steroid dienone is 4. The molecule has 0 bridgehead atoms. The fourth-order valence-corrected chi connectivity index (χ4v) is 2.43. The highest BCUT2D eigenvalue weighted by Crippen LogP contribution is 2.41. The molecule has 1 rings (SSSR count). The number of rotatable bonds is 3. The van der Waals surface area contributed by atoms with Crippen LogP contribution in [0.15, 0.2) is 22.8 Å². The maximum absolute atomic E-state index is 10.8. The van der Waals surface area contributed by atoms with Crippen LogP contribution in [0.1, 0.15) is 53.9 Å². The molecule has 1 aliphatic rings. The second-order valence-electron chi connectivity index (χ2n) is 5.74. The maximum atomic E-state index is 10.8. The van der Waals surface area contributed by atoms with E-state index in [1.807, 2.05) is 6.92 Å². The normalized spacial score (nSPS) is 23.2. The fourth-order valence-electron chi connectivity index (χ4n) is 2.43. The van der Waals surface area contributed by atoms with Gasteiger partial charge < -0.3 is 4.79 Å². The monoisotopic (exact) mass is 220 g/mol. The molecule has 0 saturated heterocycles. The van der Waals surface area contributed by atoms with Gasteiger partial charge in [-0.2, -0.15) is 0 Å². The highest BCUT2D eigenvalue weighted by molar-refractivity contribution is 5.58. The van der Waals surface area contributed by atoms with Crippen LogP contribution in [-0.2, 0) is 4.79 Å². The predicted octanol–water partition coefficient (Wildman–Crippen LogP) is 4.29. The van der Waals surface area contributed by atoms with Gasteiger partial charge >= 0.3 is 0 Å². The molecule has 90 valence electrons. The van der Waals surface area contributed by atoms with Gasteiger partial charge in [-0.25, -0.2) is 0 Å². The van der Waals surface area contributed by atoms with Gasteiger partial charge in [-0.15, -0.1) is 0 Å². The lowest BCUT2D eigenvalue weighted by molar-refractivity contribution is -0.109. The lowest BCUT2D eigenvalue weighted by atomic mass is 9.72. The summed E-state index contributed by atoms with van der Waals surface area (Å²) in [6.07, 6.45) is 7.01. The summed E-state index contributed by atoms with van der Waals surface area (Å²) in [5, 5.41) is 0. The Bertz CT molecular complexity index is 331. The topological polar surface area (TPSA) is 17.1 Å². The number of carbonyl (C=O) groups excluding carboxylic acids is 1. The molecule has 0 heterocycles. The van der Waals surface area contributed by atoms with Crippen LogP contribution in [0, 0.1) is 11.3 Å². The molecule has 0 aliphatic heterocycles. The molecule has 1 atom stereocenters. The van der Waals surface area contributed by atoms with Gasteiger partial charge in [0.15, 0.2) is 0 Å². The molecule has 0 aromatic heterocycles. The second kappa shape index (κ2) is 4.99. The van der Waals surface area contributed by atoms with E-state index in [0.717, 1.165) is 6.29 Å². The van der Waals surface area contributed by atoms with E-state index in [4.69, 9.17) is 0 Å². The summed E-state index contributed by atoms with van der Waals surface area (Å²) in [5.41, 5.74) is 4.39. The summed E-state index contributed by atoms with van der Waals surface area (Å²) >= 11 is 0. The molecular formula is C15H24O. The van der Waals surface area contributed by atoms with Crippen molar-refractivity contribution in [3.8, 4) is 0 Å². The first-order chi connectivity index (χ1) is 7.38. The van der Waals surface area contributed by atoms with E-state index in [2.05, 4.69) is 33.8 Å². The first-order valence-corrected chi connectivity index (χ1v) is 6.22. The smallest absolute Gasteiger partial charge is 0.126 e. The average molecular weight is 220 g/mol. The second-order valence-corrected chi connectivity index (χ2v) is 5.74. The van der Waals surface area contributed by atoms with Crippen molar-refractivity contribution in [2.75, 3.05) is 0 Å². The summed E-state index contributed by atoms with van der Waals surface area (Å²) in [7, 11) is 0. The molecule has 0 amide bonds. The number of aldehydes is 1. The molecule has 0 fully saturated rings. The fraction of sp³-hybridized carbons (Fsp3) is 0.667. The van der Waals surface area contributed by atoms with Gasteiger partial charge in [0.1, 0.15) is 6.29 Å². The van der Waals surface area contributed by atoms with Crippen molar-refractivity contribution >= 4 is 6.29 Å². The highest BCUT2D eigenvalue weighted by Gasteiger charge is 2.27. The van der Waals surface area contributed by atoms with Gasteiger partial charge in [0, 0.05) is 5.92 Å². The van der Waals surface area contributed by atoms with Gasteiger partial charge in [-0.3, -0.25) is 0 Å². The minimum Gasteiger partial charge on any atom is -0.303 e. The molecule has 0 aromatic rings. The van der Waals surface area contributed by atoms with Crippen LogP contribution in [0.25, 0.3) is 0 Å². The van der Waals surface area contributed by atoms with E-state index in [1.165, 1.54) is 36.0 Å². The van der Waals surface area contributed by atoms with Crippen molar-refractivity contribution in [1.29, 1.82) is 0 Å². The Balaban J connectivity index is 3.06. The zero-order valence-electron chi connectivity index (χ0n) is 11.3. The SMILES string of the molecule is CC1=C(/C=C(\C)C(C)C=O)C(C)(C)CCC1. The first kappa shape index (κ1) is 13.2. The standard InChI is InChI=1S/C15H24O/c1-11-7-6-8-15(4,5)14(11)9-12(2)13(3)10-16/h9-10,13H,6-8H2,1-5H3/b12-9+. The predicted molar refractivity (Wildman–Crippen MR) is 69.3 cm³/mol. The first-order valence-electron chi connectivity index (χ1n) is 6.22. The van der Waals surface area contributed by atoms with Crippen LogP contribution in [0.5, 0.6) is 0 Å². The Morgan fingerprint density at radius 2 is 2.06 bits per heavy atom. The summed E-state index contributed by atoms with van der Waals surface area (Å²) in [4.78, 5) is 10.8. The third-order valence-electron chi connectivity index (χ3n) is 3.84. The van der Waals surface area contributed by atoms with Crippen molar-refractivity contribution in [3.05, 3.63) is 22.8 Å². The minimum atomic E-state index is 0.0398. The molecule has 1 unspecified atom stereocenters. The average Bonchev–Trinajstić information content (AvgIpc) is 2.21. The Morgan fingerprint density at radius 3 is 2.56 bits per heavy atom. The number of hydrogen-bond acceptors (Lipinski definition) is 1. The molecule has 1 nitrogen and oxygen atoms in total. The molecule has 16 heavy (non-hydrogen) atoms. The third kappa shape index (κ3) is 2.84. The van der Waals surface area contributed by atoms with Crippen molar-refractivity contribution in [2.45, 2.75) is 53.9 Å². The Hall–Kier alpha value is -0.850. The summed E-state index contributed by atoms with van der Waals surface area (Å²) < 4.78 is 0. The van der Waals surface area contributed by atoms with Crippen LogP contribution in [0.4, 0.5) is 0 Å². The molecule has 0 N–H and O–H groups in total. The Morgan fingerprint density at radius 1 is 1.44 bits per heavy atom. The van der Waals surface area contributed by atoms with E-state index in [-0.39, 0.29) is 11.3 Å². The lowest BCUT2D eigenvalue weighted by Crippen LogP contribution is -2.19. The van der Waals surface area contributed by atoms with Crippen molar-refractivity contribution in [2.24, 2.45) is 11.3 Å². The van der Waals surface area contributed by atoms with Crippen molar-refractivity contribution in [3.63, 3.8) is 0 Å². The molecule has 1 aliphatic carbocycles. The van der Waals surface area contributed by atoms with Crippen LogP contribution in [-0.4, -0.2) is 6.29 Å². The molecule has 0 spiro atoms. The zero-order chi connectivity index (χ0) is 12.3. The quantitative estimate of drug-likeness (QED) is 0.648. The Kier molecular flexibility index (Phi) is 4.12. The van der Waals surface area contributed by atoms with E-state index in [9.17, 15) is 4.79 Å². The minimum absolute atomic E-state index is 0.0398. The maximum Gasteiger partial charge on any atom is 0.126 e. The molecule has 0 saturated carbocycles. The Labute approximate surface area is 99.6 Å². The van der Waals surface area contributed by atoms with Crippen LogP contribution < -0.4 is 0 Å². The van der Waals surface area contributed by atoms with Crippen LogP contribution in [0.2, 0.25) is 0 Å². The molecule has 0 aromatic carbocycles. The van der Waals surface area contributed by atoms with Crippen LogP contribution >= 0.6 is 0 Å². The van der Waals surface area contributed by atoms with Crippen molar-refractivity contribution < 1.29 is 4.79 Å². The van der Waals surface area contributed by atoms with Gasteiger partial charge in [-0.05, 0) is 44.1 Å². The molecular weight excluding hydrogens is 196 g/mol. The van der Waals surface area contributed by atoms with Gasteiger partial charge in [0.05, 0.1) is 0 Å². The zero-order valence-corrected chi connectivity index (χ0v) is 11.3. The van der Waals surface area contributed by atoms with Gasteiger partial charge in [0.25, 0.3) is 0 Å².